The number of benzene rings is 1. The van der Waals surface area contributed by atoms with Gasteiger partial charge in [-0.2, -0.15) is 0 Å². The molecule has 1 fully saturated rings. The molecule has 0 spiro atoms. The lowest BCUT2D eigenvalue weighted by atomic mass is 9.92. The van der Waals surface area contributed by atoms with Gasteiger partial charge in [-0.05, 0) is 49.3 Å². The first-order valence-electron chi connectivity index (χ1n) is 10.3. The molecule has 0 saturated carbocycles. The summed E-state index contributed by atoms with van der Waals surface area (Å²) in [4.78, 5) is 7.59. The molecule has 1 aliphatic rings. The van der Waals surface area contributed by atoms with Crippen LogP contribution in [0.1, 0.15) is 32.8 Å². The Bertz CT molecular complexity index is 721. The number of piperidine rings is 1. The number of hydrogen-bond donors (Lipinski definition) is 2. The zero-order valence-electron chi connectivity index (χ0n) is 17.7. The highest BCUT2D eigenvalue weighted by molar-refractivity contribution is 7.90. The molecule has 158 valence electrons. The molecule has 0 aliphatic carbocycles. The molecule has 1 saturated heterocycles. The van der Waals surface area contributed by atoms with Crippen LogP contribution in [0.2, 0.25) is 0 Å². The average molecular weight is 409 g/mol. The molecule has 1 heterocycles. The summed E-state index contributed by atoms with van der Waals surface area (Å²) in [5, 5.41) is 6.67. The van der Waals surface area contributed by atoms with E-state index in [1.807, 2.05) is 12.1 Å². The van der Waals surface area contributed by atoms with Crippen LogP contribution in [0.25, 0.3) is 0 Å². The summed E-state index contributed by atoms with van der Waals surface area (Å²) in [5.41, 5.74) is 1.10. The van der Waals surface area contributed by atoms with Gasteiger partial charge in [-0.1, -0.05) is 26.0 Å². The summed E-state index contributed by atoms with van der Waals surface area (Å²) in [6, 6.07) is 7.09. The fourth-order valence-corrected chi connectivity index (χ4v) is 4.48. The third-order valence-electron chi connectivity index (χ3n) is 5.03. The van der Waals surface area contributed by atoms with Crippen molar-refractivity contribution in [3.8, 4) is 0 Å². The zero-order valence-corrected chi connectivity index (χ0v) is 18.6. The largest absolute Gasteiger partial charge is 0.357 e. The molecular weight excluding hydrogens is 372 g/mol. The van der Waals surface area contributed by atoms with Crippen molar-refractivity contribution in [3.05, 3.63) is 29.8 Å². The van der Waals surface area contributed by atoms with Gasteiger partial charge in [0.1, 0.15) is 0 Å². The van der Waals surface area contributed by atoms with Gasteiger partial charge in [-0.15, -0.1) is 0 Å². The highest BCUT2D eigenvalue weighted by Crippen LogP contribution is 2.20. The minimum Gasteiger partial charge on any atom is -0.357 e. The summed E-state index contributed by atoms with van der Waals surface area (Å²) in [6.45, 7) is 12.4. The monoisotopic (exact) mass is 408 g/mol. The summed E-state index contributed by atoms with van der Waals surface area (Å²) >= 11 is 0. The van der Waals surface area contributed by atoms with Crippen molar-refractivity contribution in [2.24, 2.45) is 16.8 Å². The van der Waals surface area contributed by atoms with Crippen molar-refractivity contribution >= 4 is 15.8 Å². The summed E-state index contributed by atoms with van der Waals surface area (Å²) in [7, 11) is -3.14. The van der Waals surface area contributed by atoms with Crippen molar-refractivity contribution < 1.29 is 8.42 Å². The van der Waals surface area contributed by atoms with Gasteiger partial charge in [-0.3, -0.25) is 4.99 Å². The lowest BCUT2D eigenvalue weighted by molar-refractivity contribution is 0.145. The maximum atomic E-state index is 11.5. The lowest BCUT2D eigenvalue weighted by Gasteiger charge is -2.34. The van der Waals surface area contributed by atoms with Crippen LogP contribution in [0.15, 0.2) is 34.2 Å². The Kier molecular flexibility index (Phi) is 8.76. The number of likely N-dealkylation sites (tertiary alicyclic amines) is 1. The van der Waals surface area contributed by atoms with Crippen LogP contribution < -0.4 is 10.6 Å². The first-order valence-corrected chi connectivity index (χ1v) is 12.2. The van der Waals surface area contributed by atoms with E-state index < -0.39 is 9.84 Å². The van der Waals surface area contributed by atoms with Crippen LogP contribution in [-0.4, -0.2) is 64.8 Å². The maximum Gasteiger partial charge on any atom is 0.191 e. The minimum atomic E-state index is -3.14. The Morgan fingerprint density at radius 2 is 1.79 bits per heavy atom. The molecule has 1 aromatic carbocycles. The van der Waals surface area contributed by atoms with E-state index in [9.17, 15) is 8.42 Å². The van der Waals surface area contributed by atoms with Crippen molar-refractivity contribution in [2.45, 2.75) is 38.5 Å². The van der Waals surface area contributed by atoms with Gasteiger partial charge in [0.05, 0.1) is 11.4 Å². The van der Waals surface area contributed by atoms with Crippen molar-refractivity contribution in [1.82, 2.24) is 15.5 Å². The molecule has 6 nitrogen and oxygen atoms in total. The first kappa shape index (κ1) is 22.7. The Hall–Kier alpha value is -1.60. The Morgan fingerprint density at radius 3 is 2.36 bits per heavy atom. The molecule has 0 radical (unpaired) electrons. The van der Waals surface area contributed by atoms with E-state index in [1.165, 1.54) is 25.8 Å². The van der Waals surface area contributed by atoms with E-state index in [0.29, 0.717) is 4.90 Å². The molecule has 0 amide bonds. The molecule has 1 aliphatic heterocycles. The number of sulfone groups is 1. The number of rotatable bonds is 8. The van der Waals surface area contributed by atoms with Gasteiger partial charge in [0.2, 0.25) is 0 Å². The van der Waals surface area contributed by atoms with Gasteiger partial charge in [0, 0.05) is 39.0 Å². The second-order valence-corrected chi connectivity index (χ2v) is 10.1. The normalized spacial score (nSPS) is 21.5. The number of guanidine groups is 1. The van der Waals surface area contributed by atoms with E-state index in [0.717, 1.165) is 56.0 Å². The highest BCUT2D eigenvalue weighted by Gasteiger charge is 2.21. The smallest absolute Gasteiger partial charge is 0.191 e. The van der Waals surface area contributed by atoms with E-state index in [4.69, 9.17) is 4.99 Å². The number of nitrogens with zero attached hydrogens (tertiary/aromatic N) is 2. The summed E-state index contributed by atoms with van der Waals surface area (Å²) < 4.78 is 23.1. The number of hydrogen-bond acceptors (Lipinski definition) is 4. The summed E-state index contributed by atoms with van der Waals surface area (Å²) in [5.74, 6) is 2.38. The molecular formula is C21H36N4O2S. The molecule has 0 bridgehead atoms. The lowest BCUT2D eigenvalue weighted by Crippen LogP contribution is -2.41. The van der Waals surface area contributed by atoms with Crippen molar-refractivity contribution in [2.75, 3.05) is 45.5 Å². The second-order valence-electron chi connectivity index (χ2n) is 8.06. The van der Waals surface area contributed by atoms with E-state index in [1.54, 1.807) is 12.1 Å². The second kappa shape index (κ2) is 10.8. The topological polar surface area (TPSA) is 73.8 Å². The SMILES string of the molecule is CCNC(=NCCN1CC(C)CC(C)C1)NCCc1ccc(S(C)(=O)=O)cc1. The molecule has 0 aromatic heterocycles. The first-order chi connectivity index (χ1) is 13.3. The summed E-state index contributed by atoms with van der Waals surface area (Å²) in [6.07, 6.45) is 3.37. The predicted molar refractivity (Wildman–Crippen MR) is 117 cm³/mol. The number of aliphatic imine (C=N–C) groups is 1. The van der Waals surface area contributed by atoms with Crippen LogP contribution in [0.5, 0.6) is 0 Å². The Labute approximate surface area is 170 Å². The molecule has 28 heavy (non-hydrogen) atoms. The standard InChI is InChI=1S/C21H36N4O2S/c1-5-22-21(24-12-13-25-15-17(2)14-18(3)16-25)23-11-10-19-6-8-20(9-7-19)28(4,26)27/h6-9,17-18H,5,10-16H2,1-4H3,(H2,22,23,24). The van der Waals surface area contributed by atoms with E-state index >= 15 is 0 Å². The fraction of sp³-hybridized carbons (Fsp3) is 0.667. The zero-order chi connectivity index (χ0) is 20.6. The van der Waals surface area contributed by atoms with Crippen LogP contribution in [0.3, 0.4) is 0 Å². The van der Waals surface area contributed by atoms with Crippen molar-refractivity contribution in [3.63, 3.8) is 0 Å². The van der Waals surface area contributed by atoms with Crippen LogP contribution >= 0.6 is 0 Å². The molecule has 2 unspecified atom stereocenters. The van der Waals surface area contributed by atoms with Crippen molar-refractivity contribution in [1.29, 1.82) is 0 Å². The van der Waals surface area contributed by atoms with Crippen LogP contribution in [0.4, 0.5) is 0 Å². The van der Waals surface area contributed by atoms with E-state index in [2.05, 4.69) is 36.3 Å². The minimum absolute atomic E-state index is 0.362. The molecule has 2 N–H and O–H groups in total. The third-order valence-corrected chi connectivity index (χ3v) is 6.16. The molecule has 2 atom stereocenters. The predicted octanol–water partition coefficient (Wildman–Crippen LogP) is 2.17. The Morgan fingerprint density at radius 1 is 1.14 bits per heavy atom. The average Bonchev–Trinajstić information content (AvgIpc) is 2.60. The third kappa shape index (κ3) is 7.80. The van der Waals surface area contributed by atoms with Crippen LogP contribution in [0, 0.1) is 11.8 Å². The molecule has 2 rings (SSSR count). The van der Waals surface area contributed by atoms with Gasteiger partial charge in [0.15, 0.2) is 15.8 Å². The molecule has 1 aromatic rings. The fourth-order valence-electron chi connectivity index (χ4n) is 3.85. The van der Waals surface area contributed by atoms with Gasteiger partial charge in [0.25, 0.3) is 0 Å². The highest BCUT2D eigenvalue weighted by atomic mass is 32.2. The molecule has 7 heteroatoms. The van der Waals surface area contributed by atoms with Gasteiger partial charge in [-0.25, -0.2) is 8.42 Å². The van der Waals surface area contributed by atoms with Gasteiger partial charge >= 0.3 is 0 Å². The Balaban J connectivity index is 1.79. The quantitative estimate of drug-likeness (QED) is 0.509. The van der Waals surface area contributed by atoms with E-state index in [-0.39, 0.29) is 0 Å². The van der Waals surface area contributed by atoms with Crippen LogP contribution in [-0.2, 0) is 16.3 Å². The van der Waals surface area contributed by atoms with Gasteiger partial charge < -0.3 is 15.5 Å². The number of nitrogens with one attached hydrogen (secondary N) is 2. The maximum absolute atomic E-state index is 11.5.